The summed E-state index contributed by atoms with van der Waals surface area (Å²) in [5, 5.41) is 10.9. The molecule has 3 amide bonds. The minimum absolute atomic E-state index is 0.119. The van der Waals surface area contributed by atoms with E-state index in [4.69, 9.17) is 9.84 Å². The van der Waals surface area contributed by atoms with Gasteiger partial charge in [-0.15, -0.1) is 0 Å². The van der Waals surface area contributed by atoms with Gasteiger partial charge in [0.2, 0.25) is 5.91 Å². The van der Waals surface area contributed by atoms with Gasteiger partial charge in [0.05, 0.1) is 4.91 Å². The number of thioether (sulfide) groups is 1. The quantitative estimate of drug-likeness (QED) is 0.411. The summed E-state index contributed by atoms with van der Waals surface area (Å²) in [6, 6.07) is 13.6. The fourth-order valence-electron chi connectivity index (χ4n) is 2.53. The maximum atomic E-state index is 12.6. The van der Waals surface area contributed by atoms with E-state index in [-0.39, 0.29) is 10.7 Å². The molecular formula is C20H15IN2O6S. The molecule has 10 heteroatoms. The minimum Gasteiger partial charge on any atom is -0.481 e. The molecule has 30 heavy (non-hydrogen) atoms. The van der Waals surface area contributed by atoms with Crippen LogP contribution in [0, 0.1) is 3.57 Å². The van der Waals surface area contributed by atoms with Crippen LogP contribution in [0.2, 0.25) is 0 Å². The topological polar surface area (TPSA) is 113 Å². The van der Waals surface area contributed by atoms with Crippen LogP contribution in [0.1, 0.15) is 5.56 Å². The predicted octanol–water partition coefficient (Wildman–Crippen LogP) is 3.43. The lowest BCUT2D eigenvalue weighted by Crippen LogP contribution is -2.36. The zero-order valence-electron chi connectivity index (χ0n) is 15.3. The van der Waals surface area contributed by atoms with Crippen LogP contribution in [0.15, 0.2) is 53.4 Å². The van der Waals surface area contributed by atoms with Crippen molar-refractivity contribution >= 4 is 69.1 Å². The molecule has 0 aliphatic carbocycles. The standard InChI is InChI=1S/C20H15IN2O6S/c21-13-5-7-14(8-6-13)22-17(24)10-23-19(27)16(30-20(23)28)9-12-3-1-2-4-15(12)29-11-18(25)26/h1-9H,10-11H2,(H,22,24)(H,25,26)/b16-9+. The molecule has 8 nitrogen and oxygen atoms in total. The first kappa shape index (κ1) is 21.8. The average molecular weight is 538 g/mol. The molecule has 3 rings (SSSR count). The molecular weight excluding hydrogens is 523 g/mol. The first-order valence-corrected chi connectivity index (χ1v) is 10.5. The van der Waals surface area contributed by atoms with Gasteiger partial charge >= 0.3 is 5.97 Å². The Morgan fingerprint density at radius 1 is 1.13 bits per heavy atom. The lowest BCUT2D eigenvalue weighted by Gasteiger charge is -2.12. The number of benzene rings is 2. The zero-order chi connectivity index (χ0) is 21.7. The van der Waals surface area contributed by atoms with Crippen molar-refractivity contribution in [3.8, 4) is 5.75 Å². The highest BCUT2D eigenvalue weighted by molar-refractivity contribution is 14.1. The smallest absolute Gasteiger partial charge is 0.341 e. The first-order chi connectivity index (χ1) is 14.3. The van der Waals surface area contributed by atoms with Crippen molar-refractivity contribution in [3.05, 3.63) is 62.6 Å². The number of nitrogens with zero attached hydrogens (tertiary/aromatic N) is 1. The number of rotatable bonds is 7. The van der Waals surface area contributed by atoms with E-state index in [1.165, 1.54) is 6.08 Å². The molecule has 1 aliphatic heterocycles. The summed E-state index contributed by atoms with van der Waals surface area (Å²) in [6.07, 6.45) is 1.44. The lowest BCUT2D eigenvalue weighted by molar-refractivity contribution is -0.139. The Balaban J connectivity index is 1.71. The van der Waals surface area contributed by atoms with Crippen LogP contribution in [0.25, 0.3) is 6.08 Å². The number of ether oxygens (including phenoxy) is 1. The summed E-state index contributed by atoms with van der Waals surface area (Å²) in [4.78, 5) is 48.8. The van der Waals surface area contributed by atoms with Gasteiger partial charge in [0.1, 0.15) is 12.3 Å². The van der Waals surface area contributed by atoms with Crippen LogP contribution in [0.5, 0.6) is 5.75 Å². The molecule has 1 aliphatic rings. The fraction of sp³-hybridized carbons (Fsp3) is 0.100. The van der Waals surface area contributed by atoms with E-state index < -0.39 is 36.2 Å². The maximum Gasteiger partial charge on any atom is 0.341 e. The number of aliphatic carboxylic acids is 1. The van der Waals surface area contributed by atoms with E-state index in [9.17, 15) is 19.2 Å². The number of nitrogens with one attached hydrogen (secondary N) is 1. The third kappa shape index (κ3) is 5.60. The number of anilines is 1. The second-order valence-corrected chi connectivity index (χ2v) is 8.28. The largest absolute Gasteiger partial charge is 0.481 e. The molecule has 1 saturated heterocycles. The molecule has 154 valence electrons. The van der Waals surface area contributed by atoms with Crippen molar-refractivity contribution < 1.29 is 29.0 Å². The summed E-state index contributed by atoms with van der Waals surface area (Å²) in [7, 11) is 0. The summed E-state index contributed by atoms with van der Waals surface area (Å²) in [5.41, 5.74) is 1.01. The third-order valence-electron chi connectivity index (χ3n) is 3.86. The number of hydrogen-bond acceptors (Lipinski definition) is 6. The van der Waals surface area contributed by atoms with E-state index in [1.54, 1.807) is 36.4 Å². The Morgan fingerprint density at radius 2 is 1.83 bits per heavy atom. The number of hydrogen-bond donors (Lipinski definition) is 2. The van der Waals surface area contributed by atoms with Gasteiger partial charge in [-0.3, -0.25) is 19.3 Å². The normalized spacial score (nSPS) is 14.8. The summed E-state index contributed by atoms with van der Waals surface area (Å²) >= 11 is 2.85. The van der Waals surface area contributed by atoms with Crippen LogP contribution in [-0.2, 0) is 14.4 Å². The summed E-state index contributed by atoms with van der Waals surface area (Å²) in [6.45, 7) is -0.948. The molecule has 1 fully saturated rings. The van der Waals surface area contributed by atoms with Gasteiger partial charge in [-0.2, -0.15) is 0 Å². The molecule has 0 spiro atoms. The van der Waals surface area contributed by atoms with E-state index in [1.807, 2.05) is 12.1 Å². The van der Waals surface area contributed by atoms with Crippen LogP contribution >= 0.6 is 34.4 Å². The number of halogens is 1. The molecule has 1 heterocycles. The molecule has 2 aromatic carbocycles. The number of carbonyl (C=O) groups excluding carboxylic acids is 3. The molecule has 0 aromatic heterocycles. The predicted molar refractivity (Wildman–Crippen MR) is 120 cm³/mol. The van der Waals surface area contributed by atoms with Gasteiger partial charge in [-0.1, -0.05) is 18.2 Å². The number of carboxylic acid groups (broad SMARTS) is 1. The van der Waals surface area contributed by atoms with Crippen molar-refractivity contribution in [1.82, 2.24) is 4.90 Å². The van der Waals surface area contributed by atoms with Crippen LogP contribution in [-0.4, -0.2) is 46.2 Å². The maximum absolute atomic E-state index is 12.6. The van der Waals surface area contributed by atoms with Crippen molar-refractivity contribution in [3.63, 3.8) is 0 Å². The average Bonchev–Trinajstić information content (AvgIpc) is 2.96. The van der Waals surface area contributed by atoms with Gasteiger partial charge in [-0.05, 0) is 70.8 Å². The van der Waals surface area contributed by atoms with Gasteiger partial charge < -0.3 is 15.2 Å². The zero-order valence-corrected chi connectivity index (χ0v) is 18.3. The van der Waals surface area contributed by atoms with Gasteiger partial charge in [0, 0.05) is 14.8 Å². The Hall–Kier alpha value is -2.86. The molecule has 0 radical (unpaired) electrons. The highest BCUT2D eigenvalue weighted by Gasteiger charge is 2.36. The van der Waals surface area contributed by atoms with E-state index in [0.29, 0.717) is 23.0 Å². The van der Waals surface area contributed by atoms with Gasteiger partial charge in [0.15, 0.2) is 6.61 Å². The number of amides is 3. The molecule has 0 unspecified atom stereocenters. The second kappa shape index (κ2) is 9.76. The molecule has 2 N–H and O–H groups in total. The number of para-hydroxylation sites is 1. The fourth-order valence-corrected chi connectivity index (χ4v) is 3.71. The van der Waals surface area contributed by atoms with Crippen molar-refractivity contribution in [1.29, 1.82) is 0 Å². The van der Waals surface area contributed by atoms with Crippen LogP contribution in [0.4, 0.5) is 10.5 Å². The Kier molecular flexibility index (Phi) is 7.11. The van der Waals surface area contributed by atoms with E-state index >= 15 is 0 Å². The number of imide groups is 1. The SMILES string of the molecule is O=C(O)COc1ccccc1/C=C1/SC(=O)N(CC(=O)Nc2ccc(I)cc2)C1=O. The van der Waals surface area contributed by atoms with Gasteiger partial charge in [0.25, 0.3) is 11.1 Å². The second-order valence-electron chi connectivity index (χ2n) is 6.04. The number of carboxylic acids is 1. The third-order valence-corrected chi connectivity index (χ3v) is 5.49. The molecule has 0 bridgehead atoms. The lowest BCUT2D eigenvalue weighted by atomic mass is 10.2. The first-order valence-electron chi connectivity index (χ1n) is 8.58. The summed E-state index contributed by atoms with van der Waals surface area (Å²) in [5.74, 6) is -1.96. The van der Waals surface area contributed by atoms with Crippen molar-refractivity contribution in [2.24, 2.45) is 0 Å². The molecule has 0 atom stereocenters. The Labute approximate surface area is 189 Å². The van der Waals surface area contributed by atoms with Crippen molar-refractivity contribution in [2.75, 3.05) is 18.5 Å². The monoisotopic (exact) mass is 538 g/mol. The minimum atomic E-state index is -1.13. The molecule has 0 saturated carbocycles. The van der Waals surface area contributed by atoms with Crippen LogP contribution in [0.3, 0.4) is 0 Å². The highest BCUT2D eigenvalue weighted by atomic mass is 127. The molecule has 2 aromatic rings. The Bertz CT molecular complexity index is 1040. The van der Waals surface area contributed by atoms with E-state index in [2.05, 4.69) is 27.9 Å². The summed E-state index contributed by atoms with van der Waals surface area (Å²) < 4.78 is 6.22. The van der Waals surface area contributed by atoms with E-state index in [0.717, 1.165) is 8.47 Å². The Morgan fingerprint density at radius 3 is 2.53 bits per heavy atom. The van der Waals surface area contributed by atoms with Crippen molar-refractivity contribution in [2.45, 2.75) is 0 Å². The number of carbonyl (C=O) groups is 4. The highest BCUT2D eigenvalue weighted by Crippen LogP contribution is 2.33. The van der Waals surface area contributed by atoms with Gasteiger partial charge in [-0.25, -0.2) is 4.79 Å². The van der Waals surface area contributed by atoms with Crippen LogP contribution < -0.4 is 10.1 Å².